The van der Waals surface area contributed by atoms with Crippen molar-refractivity contribution in [1.82, 2.24) is 0 Å². The van der Waals surface area contributed by atoms with Crippen LogP contribution in [0.5, 0.6) is 0 Å². The molecule has 0 aliphatic heterocycles. The summed E-state index contributed by atoms with van der Waals surface area (Å²) < 4.78 is 4.49. The van der Waals surface area contributed by atoms with Crippen molar-refractivity contribution in [3.63, 3.8) is 0 Å². The summed E-state index contributed by atoms with van der Waals surface area (Å²) in [5.41, 5.74) is 0. The Balaban J connectivity index is 2.10. The van der Waals surface area contributed by atoms with Crippen LogP contribution in [0.1, 0.15) is 13.8 Å². The van der Waals surface area contributed by atoms with Crippen LogP contribution in [0.25, 0.3) is 0 Å². The van der Waals surface area contributed by atoms with E-state index in [2.05, 4.69) is 18.6 Å². The summed E-state index contributed by atoms with van der Waals surface area (Å²) in [4.78, 5) is 9.60. The fourth-order valence-electron chi connectivity index (χ4n) is 1.20. The Kier molecular flexibility index (Phi) is 1.74. The molecular formula is C7H11O2. The predicted molar refractivity (Wildman–Crippen MR) is 33.5 cm³/mol. The monoisotopic (exact) mass is 127 g/mol. The molecule has 0 aromatic heterocycles. The molecule has 0 saturated heterocycles. The van der Waals surface area contributed by atoms with Crippen LogP contribution >= 0.6 is 0 Å². The van der Waals surface area contributed by atoms with Gasteiger partial charge in [0.05, 0.1) is 6.61 Å². The molecule has 2 atom stereocenters. The van der Waals surface area contributed by atoms with Crippen LogP contribution in [0.15, 0.2) is 0 Å². The SMILES string of the molecule is CC1C(C)C1CO[C]=O. The highest BCUT2D eigenvalue weighted by atomic mass is 16.5. The van der Waals surface area contributed by atoms with Gasteiger partial charge in [-0.2, -0.15) is 0 Å². The van der Waals surface area contributed by atoms with Crippen LogP contribution in [-0.4, -0.2) is 13.1 Å². The molecule has 1 aliphatic rings. The summed E-state index contributed by atoms with van der Waals surface area (Å²) in [5.74, 6) is 2.07. The maximum Gasteiger partial charge on any atom is 0.417 e. The molecule has 2 unspecified atom stereocenters. The fraction of sp³-hybridized carbons (Fsp3) is 0.857. The molecule has 1 saturated carbocycles. The minimum atomic E-state index is 0.561. The summed E-state index contributed by atoms with van der Waals surface area (Å²) >= 11 is 0. The molecule has 2 heteroatoms. The third-order valence-electron chi connectivity index (χ3n) is 2.37. The van der Waals surface area contributed by atoms with E-state index in [9.17, 15) is 4.79 Å². The minimum Gasteiger partial charge on any atom is -0.457 e. The molecular weight excluding hydrogens is 116 g/mol. The zero-order valence-corrected chi connectivity index (χ0v) is 5.76. The molecule has 2 nitrogen and oxygen atoms in total. The van der Waals surface area contributed by atoms with Gasteiger partial charge in [0.1, 0.15) is 0 Å². The van der Waals surface area contributed by atoms with Crippen LogP contribution in [0, 0.1) is 17.8 Å². The molecule has 0 aromatic carbocycles. The molecule has 0 spiro atoms. The van der Waals surface area contributed by atoms with E-state index in [-0.39, 0.29) is 0 Å². The second-order valence-corrected chi connectivity index (χ2v) is 2.78. The Morgan fingerprint density at radius 1 is 1.44 bits per heavy atom. The molecule has 0 heterocycles. The second kappa shape index (κ2) is 2.38. The van der Waals surface area contributed by atoms with Crippen LogP contribution in [0.2, 0.25) is 0 Å². The lowest BCUT2D eigenvalue weighted by Gasteiger charge is -1.91. The lowest BCUT2D eigenvalue weighted by atomic mass is 10.4. The van der Waals surface area contributed by atoms with Gasteiger partial charge in [-0.3, -0.25) is 0 Å². The molecule has 0 bridgehead atoms. The third-order valence-corrected chi connectivity index (χ3v) is 2.37. The number of hydrogen-bond acceptors (Lipinski definition) is 2. The average Bonchev–Trinajstić information content (AvgIpc) is 2.39. The topological polar surface area (TPSA) is 26.3 Å². The van der Waals surface area contributed by atoms with E-state index < -0.39 is 0 Å². The van der Waals surface area contributed by atoms with E-state index in [1.807, 2.05) is 0 Å². The van der Waals surface area contributed by atoms with Crippen molar-refractivity contribution in [3.8, 4) is 0 Å². The van der Waals surface area contributed by atoms with Gasteiger partial charge in [0.25, 0.3) is 0 Å². The van der Waals surface area contributed by atoms with E-state index in [4.69, 9.17) is 0 Å². The first-order chi connectivity index (χ1) is 4.27. The lowest BCUT2D eigenvalue weighted by molar-refractivity contribution is 0.255. The first kappa shape index (κ1) is 6.59. The summed E-state index contributed by atoms with van der Waals surface area (Å²) in [6.45, 7) is 6.33. The Hall–Kier alpha value is -0.530. The van der Waals surface area contributed by atoms with Crippen LogP contribution < -0.4 is 0 Å². The van der Waals surface area contributed by atoms with Crippen molar-refractivity contribution in [3.05, 3.63) is 0 Å². The van der Waals surface area contributed by atoms with Gasteiger partial charge in [-0.25, -0.2) is 4.79 Å². The van der Waals surface area contributed by atoms with Crippen molar-refractivity contribution in [2.45, 2.75) is 13.8 Å². The highest BCUT2D eigenvalue weighted by Crippen LogP contribution is 2.45. The lowest BCUT2D eigenvalue weighted by Crippen LogP contribution is -1.95. The molecule has 1 rings (SSSR count). The predicted octanol–water partition coefficient (Wildman–Crippen LogP) is 0.972. The van der Waals surface area contributed by atoms with Crippen molar-refractivity contribution < 1.29 is 9.53 Å². The first-order valence-corrected chi connectivity index (χ1v) is 3.26. The van der Waals surface area contributed by atoms with Gasteiger partial charge < -0.3 is 4.74 Å². The largest absolute Gasteiger partial charge is 0.457 e. The van der Waals surface area contributed by atoms with Gasteiger partial charge in [0.2, 0.25) is 0 Å². The van der Waals surface area contributed by atoms with Gasteiger partial charge in [-0.05, 0) is 17.8 Å². The highest BCUT2D eigenvalue weighted by Gasteiger charge is 2.42. The molecule has 1 radical (unpaired) electrons. The third kappa shape index (κ3) is 1.23. The zero-order valence-electron chi connectivity index (χ0n) is 5.76. The van der Waals surface area contributed by atoms with Crippen molar-refractivity contribution in [2.24, 2.45) is 17.8 Å². The number of hydrogen-bond donors (Lipinski definition) is 0. The van der Waals surface area contributed by atoms with Gasteiger partial charge in [-0.15, -0.1) is 0 Å². The molecule has 0 amide bonds. The Morgan fingerprint density at radius 3 is 2.33 bits per heavy atom. The van der Waals surface area contributed by atoms with Crippen molar-refractivity contribution in [2.75, 3.05) is 6.61 Å². The second-order valence-electron chi connectivity index (χ2n) is 2.78. The normalized spacial score (nSPS) is 40.0. The molecule has 1 fully saturated rings. The minimum absolute atomic E-state index is 0.561. The van der Waals surface area contributed by atoms with E-state index in [0.29, 0.717) is 12.5 Å². The van der Waals surface area contributed by atoms with E-state index in [0.717, 1.165) is 11.8 Å². The summed E-state index contributed by atoms with van der Waals surface area (Å²) in [6.07, 6.45) is 0. The van der Waals surface area contributed by atoms with Crippen molar-refractivity contribution in [1.29, 1.82) is 0 Å². The molecule has 51 valence electrons. The Labute approximate surface area is 55.2 Å². The number of rotatable bonds is 3. The van der Waals surface area contributed by atoms with Crippen LogP contribution in [0.3, 0.4) is 0 Å². The molecule has 1 aliphatic carbocycles. The first-order valence-electron chi connectivity index (χ1n) is 3.26. The average molecular weight is 127 g/mol. The highest BCUT2D eigenvalue weighted by molar-refractivity contribution is 5.38. The maximum atomic E-state index is 9.60. The Bertz CT molecular complexity index is 103. The van der Waals surface area contributed by atoms with E-state index in [1.54, 1.807) is 0 Å². The standard InChI is InChI=1S/C7H11O2/c1-5-6(2)7(5)3-9-4-8/h5-7H,3H2,1-2H3. The van der Waals surface area contributed by atoms with Gasteiger partial charge in [-0.1, -0.05) is 13.8 Å². The van der Waals surface area contributed by atoms with Crippen molar-refractivity contribution >= 4 is 6.47 Å². The van der Waals surface area contributed by atoms with Crippen LogP contribution in [0.4, 0.5) is 0 Å². The summed E-state index contributed by atoms with van der Waals surface area (Å²) in [7, 11) is 0. The van der Waals surface area contributed by atoms with Gasteiger partial charge in [0.15, 0.2) is 0 Å². The molecule has 9 heavy (non-hydrogen) atoms. The Morgan fingerprint density at radius 2 is 2.00 bits per heavy atom. The van der Waals surface area contributed by atoms with Crippen LogP contribution in [-0.2, 0) is 9.53 Å². The van der Waals surface area contributed by atoms with Gasteiger partial charge in [0, 0.05) is 0 Å². The summed E-state index contributed by atoms with van der Waals surface area (Å²) in [5, 5.41) is 0. The number of carbonyl (C=O) groups excluding carboxylic acids is 1. The number of ether oxygens (including phenoxy) is 1. The molecule has 0 N–H and O–H groups in total. The fourth-order valence-corrected chi connectivity index (χ4v) is 1.20. The van der Waals surface area contributed by atoms with E-state index >= 15 is 0 Å². The summed E-state index contributed by atoms with van der Waals surface area (Å²) in [6, 6.07) is 0. The quantitative estimate of drug-likeness (QED) is 0.564. The van der Waals surface area contributed by atoms with Gasteiger partial charge >= 0.3 is 6.47 Å². The van der Waals surface area contributed by atoms with E-state index in [1.165, 1.54) is 6.47 Å². The zero-order chi connectivity index (χ0) is 6.85. The maximum absolute atomic E-state index is 9.60. The molecule has 0 aromatic rings. The smallest absolute Gasteiger partial charge is 0.417 e.